The van der Waals surface area contributed by atoms with E-state index >= 15 is 0 Å². The molecule has 0 fully saturated rings. The van der Waals surface area contributed by atoms with E-state index in [9.17, 15) is 5.11 Å². The highest BCUT2D eigenvalue weighted by Gasteiger charge is 2.08. The summed E-state index contributed by atoms with van der Waals surface area (Å²) in [5, 5.41) is 10.2. The summed E-state index contributed by atoms with van der Waals surface area (Å²) in [7, 11) is 0. The van der Waals surface area contributed by atoms with E-state index in [1.807, 2.05) is 30.3 Å². The fourth-order valence-electron chi connectivity index (χ4n) is 2.30. The molecular formula is C18H22O. The van der Waals surface area contributed by atoms with Gasteiger partial charge in [-0.05, 0) is 29.0 Å². The van der Waals surface area contributed by atoms with E-state index in [0.29, 0.717) is 12.3 Å². The molecule has 0 radical (unpaired) electrons. The second kappa shape index (κ2) is 6.53. The van der Waals surface area contributed by atoms with Crippen molar-refractivity contribution in [3.8, 4) is 0 Å². The van der Waals surface area contributed by atoms with E-state index in [-0.39, 0.29) is 0 Å². The van der Waals surface area contributed by atoms with Crippen LogP contribution in [0, 0.1) is 5.92 Å². The number of benzene rings is 2. The predicted octanol–water partition coefficient (Wildman–Crippen LogP) is 4.16. The first-order chi connectivity index (χ1) is 9.15. The average molecular weight is 254 g/mol. The maximum absolute atomic E-state index is 10.2. The summed E-state index contributed by atoms with van der Waals surface area (Å²) in [5.74, 6) is 0.667. The SMILES string of the molecule is CC(C)Cc1ccc(C(O)Cc2ccccc2)cc1. The largest absolute Gasteiger partial charge is 0.388 e. The lowest BCUT2D eigenvalue weighted by atomic mass is 9.98. The number of aliphatic hydroxyl groups is 1. The minimum absolute atomic E-state index is 0.421. The summed E-state index contributed by atoms with van der Waals surface area (Å²) in [4.78, 5) is 0. The molecule has 0 heterocycles. The van der Waals surface area contributed by atoms with Crippen molar-refractivity contribution in [3.05, 3.63) is 71.3 Å². The van der Waals surface area contributed by atoms with E-state index in [2.05, 4.69) is 38.1 Å². The minimum atomic E-state index is -0.421. The fourth-order valence-corrected chi connectivity index (χ4v) is 2.30. The van der Waals surface area contributed by atoms with E-state index in [4.69, 9.17) is 0 Å². The molecule has 1 atom stereocenters. The van der Waals surface area contributed by atoms with Crippen molar-refractivity contribution in [1.29, 1.82) is 0 Å². The van der Waals surface area contributed by atoms with Gasteiger partial charge in [-0.25, -0.2) is 0 Å². The van der Waals surface area contributed by atoms with Crippen molar-refractivity contribution >= 4 is 0 Å². The summed E-state index contributed by atoms with van der Waals surface area (Å²) >= 11 is 0. The van der Waals surface area contributed by atoms with Crippen LogP contribution in [0.2, 0.25) is 0 Å². The van der Waals surface area contributed by atoms with Gasteiger partial charge in [0, 0.05) is 6.42 Å². The van der Waals surface area contributed by atoms with Crippen molar-refractivity contribution in [2.45, 2.75) is 32.8 Å². The molecule has 19 heavy (non-hydrogen) atoms. The van der Waals surface area contributed by atoms with Crippen LogP contribution in [0.25, 0.3) is 0 Å². The van der Waals surface area contributed by atoms with Gasteiger partial charge < -0.3 is 5.11 Å². The molecule has 2 aromatic rings. The van der Waals surface area contributed by atoms with Crippen LogP contribution in [-0.4, -0.2) is 5.11 Å². The van der Waals surface area contributed by atoms with Crippen LogP contribution in [0.3, 0.4) is 0 Å². The molecule has 0 saturated heterocycles. The van der Waals surface area contributed by atoms with Gasteiger partial charge in [0.25, 0.3) is 0 Å². The first kappa shape index (κ1) is 13.8. The standard InChI is InChI=1S/C18H22O/c1-14(2)12-16-8-10-17(11-9-16)18(19)13-15-6-4-3-5-7-15/h3-11,14,18-19H,12-13H2,1-2H3. The number of aliphatic hydroxyl groups excluding tert-OH is 1. The Morgan fingerprint density at radius 2 is 1.37 bits per heavy atom. The van der Waals surface area contributed by atoms with Gasteiger partial charge in [-0.15, -0.1) is 0 Å². The van der Waals surface area contributed by atoms with Gasteiger partial charge in [0.1, 0.15) is 0 Å². The molecule has 0 aromatic heterocycles. The lowest BCUT2D eigenvalue weighted by molar-refractivity contribution is 0.178. The molecule has 0 amide bonds. The maximum atomic E-state index is 10.2. The topological polar surface area (TPSA) is 20.2 Å². The third kappa shape index (κ3) is 4.22. The van der Waals surface area contributed by atoms with Gasteiger partial charge in [-0.3, -0.25) is 0 Å². The molecular weight excluding hydrogens is 232 g/mol. The van der Waals surface area contributed by atoms with E-state index < -0.39 is 6.10 Å². The molecule has 0 aliphatic carbocycles. The zero-order valence-electron chi connectivity index (χ0n) is 11.7. The lowest BCUT2D eigenvalue weighted by Gasteiger charge is -2.12. The highest BCUT2D eigenvalue weighted by atomic mass is 16.3. The van der Waals surface area contributed by atoms with E-state index in [1.54, 1.807) is 0 Å². The zero-order chi connectivity index (χ0) is 13.7. The summed E-state index contributed by atoms with van der Waals surface area (Å²) in [5.41, 5.74) is 3.50. The third-order valence-electron chi connectivity index (χ3n) is 3.28. The quantitative estimate of drug-likeness (QED) is 0.849. The maximum Gasteiger partial charge on any atom is 0.0830 e. The smallest absolute Gasteiger partial charge is 0.0830 e. The highest BCUT2D eigenvalue weighted by molar-refractivity contribution is 5.26. The molecule has 0 aliphatic rings. The van der Waals surface area contributed by atoms with Gasteiger partial charge in [0.15, 0.2) is 0 Å². The first-order valence-electron chi connectivity index (χ1n) is 6.96. The van der Waals surface area contributed by atoms with Crippen LogP contribution < -0.4 is 0 Å². The lowest BCUT2D eigenvalue weighted by Crippen LogP contribution is -2.02. The Hall–Kier alpha value is -1.60. The Bertz CT molecular complexity index is 485. The minimum Gasteiger partial charge on any atom is -0.388 e. The fraction of sp³-hybridized carbons (Fsp3) is 0.333. The van der Waals surface area contributed by atoms with Gasteiger partial charge in [0.05, 0.1) is 6.10 Å². The molecule has 0 spiro atoms. The van der Waals surface area contributed by atoms with Crippen molar-refractivity contribution in [3.63, 3.8) is 0 Å². The van der Waals surface area contributed by atoms with Gasteiger partial charge in [0.2, 0.25) is 0 Å². The molecule has 1 nitrogen and oxygen atoms in total. The van der Waals surface area contributed by atoms with Crippen molar-refractivity contribution in [1.82, 2.24) is 0 Å². The second-order valence-corrected chi connectivity index (χ2v) is 5.55. The third-order valence-corrected chi connectivity index (χ3v) is 3.28. The summed E-state index contributed by atoms with van der Waals surface area (Å²) in [6, 6.07) is 18.5. The normalized spacial score (nSPS) is 12.6. The molecule has 1 heteroatoms. The van der Waals surface area contributed by atoms with Crippen LogP contribution in [0.15, 0.2) is 54.6 Å². The van der Waals surface area contributed by atoms with Crippen molar-refractivity contribution in [2.75, 3.05) is 0 Å². The molecule has 0 bridgehead atoms. The highest BCUT2D eigenvalue weighted by Crippen LogP contribution is 2.19. The van der Waals surface area contributed by atoms with Crippen LogP contribution in [0.5, 0.6) is 0 Å². The second-order valence-electron chi connectivity index (χ2n) is 5.55. The molecule has 2 aromatic carbocycles. The van der Waals surface area contributed by atoms with E-state index in [1.165, 1.54) is 11.1 Å². The molecule has 0 aliphatic heterocycles. The van der Waals surface area contributed by atoms with Crippen molar-refractivity contribution < 1.29 is 5.11 Å². The average Bonchev–Trinajstić information content (AvgIpc) is 2.40. The Labute approximate surface area is 115 Å². The first-order valence-corrected chi connectivity index (χ1v) is 6.96. The number of rotatable bonds is 5. The number of hydrogen-bond donors (Lipinski definition) is 1. The van der Waals surface area contributed by atoms with Crippen LogP contribution in [0.4, 0.5) is 0 Å². The van der Waals surface area contributed by atoms with Gasteiger partial charge in [-0.1, -0.05) is 68.4 Å². The Kier molecular flexibility index (Phi) is 4.75. The van der Waals surface area contributed by atoms with Gasteiger partial charge >= 0.3 is 0 Å². The Morgan fingerprint density at radius 1 is 0.789 bits per heavy atom. The summed E-state index contributed by atoms with van der Waals surface area (Å²) in [6.45, 7) is 4.44. The Balaban J connectivity index is 2.01. The molecule has 0 saturated carbocycles. The molecule has 2 rings (SSSR count). The van der Waals surface area contributed by atoms with Crippen molar-refractivity contribution in [2.24, 2.45) is 5.92 Å². The number of hydrogen-bond acceptors (Lipinski definition) is 1. The monoisotopic (exact) mass is 254 g/mol. The van der Waals surface area contributed by atoms with Crippen LogP contribution in [-0.2, 0) is 12.8 Å². The summed E-state index contributed by atoms with van der Waals surface area (Å²) < 4.78 is 0. The summed E-state index contributed by atoms with van der Waals surface area (Å²) in [6.07, 6.45) is 1.34. The predicted molar refractivity (Wildman–Crippen MR) is 80.1 cm³/mol. The molecule has 1 unspecified atom stereocenters. The van der Waals surface area contributed by atoms with Crippen LogP contribution in [0.1, 0.15) is 36.6 Å². The van der Waals surface area contributed by atoms with Crippen LogP contribution >= 0.6 is 0 Å². The molecule has 1 N–H and O–H groups in total. The molecule has 100 valence electrons. The Morgan fingerprint density at radius 3 is 1.95 bits per heavy atom. The van der Waals surface area contributed by atoms with Gasteiger partial charge in [-0.2, -0.15) is 0 Å². The zero-order valence-corrected chi connectivity index (χ0v) is 11.7. The van der Waals surface area contributed by atoms with E-state index in [0.717, 1.165) is 12.0 Å².